The van der Waals surface area contributed by atoms with E-state index in [2.05, 4.69) is 25.7 Å². The summed E-state index contributed by atoms with van der Waals surface area (Å²) in [5.41, 5.74) is 0.811. The normalized spacial score (nSPS) is 41.5. The maximum Gasteiger partial charge on any atom is 0.00387 e. The third-order valence-corrected chi connectivity index (χ3v) is 4.15. The van der Waals surface area contributed by atoms with Gasteiger partial charge in [0.05, 0.1) is 0 Å². The molecule has 2 rings (SSSR count). The molecule has 1 heteroatoms. The number of piperidine rings is 1. The van der Waals surface area contributed by atoms with Gasteiger partial charge < -0.3 is 4.90 Å². The van der Waals surface area contributed by atoms with Crippen LogP contribution in [0.25, 0.3) is 0 Å². The van der Waals surface area contributed by atoms with Crippen LogP contribution in [-0.2, 0) is 0 Å². The van der Waals surface area contributed by atoms with Gasteiger partial charge in [-0.2, -0.15) is 0 Å². The highest BCUT2D eigenvalue weighted by Gasteiger charge is 2.54. The molecule has 2 fully saturated rings. The summed E-state index contributed by atoms with van der Waals surface area (Å²) in [7, 11) is 0. The van der Waals surface area contributed by atoms with Gasteiger partial charge in [-0.05, 0) is 44.6 Å². The third kappa shape index (κ3) is 1.19. The van der Waals surface area contributed by atoms with Crippen LogP contribution >= 0.6 is 0 Å². The molecule has 1 saturated heterocycles. The van der Waals surface area contributed by atoms with Gasteiger partial charge in [0.25, 0.3) is 0 Å². The molecule has 1 aliphatic carbocycles. The highest BCUT2D eigenvalue weighted by atomic mass is 15.2. The Morgan fingerprint density at radius 3 is 2.75 bits per heavy atom. The fourth-order valence-corrected chi connectivity index (χ4v) is 2.82. The van der Waals surface area contributed by atoms with E-state index in [0.29, 0.717) is 0 Å². The van der Waals surface area contributed by atoms with E-state index >= 15 is 0 Å². The zero-order valence-corrected chi connectivity index (χ0v) is 8.64. The van der Waals surface area contributed by atoms with Crippen molar-refractivity contribution in [3.63, 3.8) is 0 Å². The third-order valence-electron chi connectivity index (χ3n) is 4.15. The summed E-state index contributed by atoms with van der Waals surface area (Å²) in [4.78, 5) is 2.64. The van der Waals surface area contributed by atoms with Gasteiger partial charge in [-0.15, -0.1) is 0 Å². The van der Waals surface area contributed by atoms with Crippen molar-refractivity contribution in [2.75, 3.05) is 13.1 Å². The van der Waals surface area contributed by atoms with Crippen LogP contribution in [0.4, 0.5) is 0 Å². The van der Waals surface area contributed by atoms with Gasteiger partial charge in [0.2, 0.25) is 0 Å². The van der Waals surface area contributed by atoms with Crippen molar-refractivity contribution in [2.45, 2.75) is 46.1 Å². The molecule has 1 heterocycles. The standard InChI is InChI=1S/C11H21N/c1-4-11-5-6-12(9(2)3)8-10(11)7-11/h9-10H,4-8H2,1-3H3. The van der Waals surface area contributed by atoms with Crippen molar-refractivity contribution in [1.82, 2.24) is 4.90 Å². The van der Waals surface area contributed by atoms with Crippen molar-refractivity contribution in [3.8, 4) is 0 Å². The molecular formula is C11H21N. The van der Waals surface area contributed by atoms with Gasteiger partial charge >= 0.3 is 0 Å². The minimum Gasteiger partial charge on any atom is -0.301 e. The van der Waals surface area contributed by atoms with Crippen molar-refractivity contribution < 1.29 is 0 Å². The number of hydrogen-bond donors (Lipinski definition) is 0. The molecule has 1 saturated carbocycles. The molecule has 0 bridgehead atoms. The molecule has 0 aromatic rings. The molecule has 1 nitrogen and oxygen atoms in total. The molecule has 0 amide bonds. The van der Waals surface area contributed by atoms with E-state index in [9.17, 15) is 0 Å². The Hall–Kier alpha value is -0.0400. The van der Waals surface area contributed by atoms with Crippen LogP contribution in [0.5, 0.6) is 0 Å². The lowest BCUT2D eigenvalue weighted by Gasteiger charge is -2.33. The molecule has 0 radical (unpaired) electrons. The SMILES string of the molecule is CCC12CCN(C(C)C)CC1C2. The molecule has 0 N–H and O–H groups in total. The van der Waals surface area contributed by atoms with Crippen LogP contribution in [0.2, 0.25) is 0 Å². The quantitative estimate of drug-likeness (QED) is 0.611. The summed E-state index contributed by atoms with van der Waals surface area (Å²) in [6.07, 6.45) is 4.41. The lowest BCUT2D eigenvalue weighted by atomic mass is 9.92. The van der Waals surface area contributed by atoms with Gasteiger partial charge in [0.15, 0.2) is 0 Å². The van der Waals surface area contributed by atoms with Crippen LogP contribution in [0, 0.1) is 11.3 Å². The van der Waals surface area contributed by atoms with E-state index in [1.54, 1.807) is 0 Å². The Bertz CT molecular complexity index is 176. The van der Waals surface area contributed by atoms with Crippen molar-refractivity contribution in [3.05, 3.63) is 0 Å². The Labute approximate surface area is 76.1 Å². The molecule has 0 spiro atoms. The van der Waals surface area contributed by atoms with Gasteiger partial charge in [-0.3, -0.25) is 0 Å². The molecular weight excluding hydrogens is 146 g/mol. The lowest BCUT2D eigenvalue weighted by Crippen LogP contribution is -2.39. The minimum atomic E-state index is 0.764. The maximum atomic E-state index is 2.64. The molecule has 12 heavy (non-hydrogen) atoms. The van der Waals surface area contributed by atoms with Crippen LogP contribution in [0.1, 0.15) is 40.0 Å². The first-order valence-corrected chi connectivity index (χ1v) is 5.42. The molecule has 1 aliphatic heterocycles. The van der Waals surface area contributed by atoms with Gasteiger partial charge in [-0.1, -0.05) is 13.3 Å². The zero-order valence-electron chi connectivity index (χ0n) is 8.64. The largest absolute Gasteiger partial charge is 0.301 e. The Balaban J connectivity index is 1.92. The van der Waals surface area contributed by atoms with Gasteiger partial charge in [0.1, 0.15) is 0 Å². The summed E-state index contributed by atoms with van der Waals surface area (Å²) in [6.45, 7) is 9.74. The van der Waals surface area contributed by atoms with Crippen LogP contribution in [0.3, 0.4) is 0 Å². The van der Waals surface area contributed by atoms with Gasteiger partial charge in [0, 0.05) is 12.6 Å². The Kier molecular flexibility index (Phi) is 1.95. The van der Waals surface area contributed by atoms with Crippen molar-refractivity contribution in [2.24, 2.45) is 11.3 Å². The van der Waals surface area contributed by atoms with E-state index in [0.717, 1.165) is 17.4 Å². The predicted octanol–water partition coefficient (Wildman–Crippen LogP) is 2.52. The highest BCUT2D eigenvalue weighted by molar-refractivity contribution is 5.05. The van der Waals surface area contributed by atoms with E-state index < -0.39 is 0 Å². The molecule has 2 unspecified atom stereocenters. The molecule has 70 valence electrons. The second-order valence-electron chi connectivity index (χ2n) is 4.96. The minimum absolute atomic E-state index is 0.764. The smallest absolute Gasteiger partial charge is 0.00387 e. The molecule has 0 aromatic heterocycles. The summed E-state index contributed by atoms with van der Waals surface area (Å²) in [5.74, 6) is 1.05. The predicted molar refractivity (Wildman–Crippen MR) is 52.2 cm³/mol. The number of likely N-dealkylation sites (tertiary alicyclic amines) is 1. The number of hydrogen-bond acceptors (Lipinski definition) is 1. The van der Waals surface area contributed by atoms with E-state index in [1.807, 2.05) is 0 Å². The van der Waals surface area contributed by atoms with Crippen LogP contribution < -0.4 is 0 Å². The fourth-order valence-electron chi connectivity index (χ4n) is 2.82. The average molecular weight is 167 g/mol. The molecule has 2 aliphatic rings. The monoisotopic (exact) mass is 167 g/mol. The van der Waals surface area contributed by atoms with Gasteiger partial charge in [-0.25, -0.2) is 0 Å². The first-order chi connectivity index (χ1) is 5.68. The zero-order chi connectivity index (χ0) is 8.77. The maximum absolute atomic E-state index is 2.64. The summed E-state index contributed by atoms with van der Waals surface area (Å²) >= 11 is 0. The average Bonchev–Trinajstić information content (AvgIpc) is 2.77. The lowest BCUT2D eigenvalue weighted by molar-refractivity contribution is 0.142. The van der Waals surface area contributed by atoms with E-state index in [1.165, 1.54) is 32.4 Å². The fraction of sp³-hybridized carbons (Fsp3) is 1.00. The highest BCUT2D eigenvalue weighted by Crippen LogP contribution is 2.60. The Morgan fingerprint density at radius 1 is 1.50 bits per heavy atom. The first kappa shape index (κ1) is 8.55. The summed E-state index contributed by atoms with van der Waals surface area (Å²) in [5, 5.41) is 0. The number of rotatable bonds is 2. The van der Waals surface area contributed by atoms with E-state index in [4.69, 9.17) is 0 Å². The van der Waals surface area contributed by atoms with Crippen LogP contribution in [0.15, 0.2) is 0 Å². The topological polar surface area (TPSA) is 3.24 Å². The number of fused-ring (bicyclic) bond motifs is 1. The van der Waals surface area contributed by atoms with Crippen LogP contribution in [-0.4, -0.2) is 24.0 Å². The Morgan fingerprint density at radius 2 is 2.25 bits per heavy atom. The van der Waals surface area contributed by atoms with Crippen molar-refractivity contribution >= 4 is 0 Å². The second kappa shape index (κ2) is 2.73. The molecule has 2 atom stereocenters. The summed E-state index contributed by atoms with van der Waals surface area (Å²) < 4.78 is 0. The second-order valence-corrected chi connectivity index (χ2v) is 4.96. The first-order valence-electron chi connectivity index (χ1n) is 5.42. The summed E-state index contributed by atoms with van der Waals surface area (Å²) in [6, 6.07) is 0.764. The molecule has 0 aromatic carbocycles. The number of nitrogens with zero attached hydrogens (tertiary/aromatic N) is 1. The van der Waals surface area contributed by atoms with E-state index in [-0.39, 0.29) is 0 Å². The van der Waals surface area contributed by atoms with Crippen molar-refractivity contribution in [1.29, 1.82) is 0 Å².